The number of hydrogen-bond donors (Lipinski definition) is 2. The molecule has 0 bridgehead atoms. The summed E-state index contributed by atoms with van der Waals surface area (Å²) < 4.78 is 11.1. The van der Waals surface area contributed by atoms with Crippen LogP contribution < -0.4 is 10.6 Å². The van der Waals surface area contributed by atoms with Crippen molar-refractivity contribution >= 4 is 11.9 Å². The Morgan fingerprint density at radius 2 is 1.00 bits per heavy atom. The molecule has 6 heteroatoms. The highest BCUT2D eigenvalue weighted by atomic mass is 16.6. The van der Waals surface area contributed by atoms with Crippen molar-refractivity contribution in [1.82, 2.24) is 10.6 Å². The molecule has 2 N–H and O–H groups in total. The lowest BCUT2D eigenvalue weighted by atomic mass is 9.70. The Hall–Kier alpha value is -1.14. The molecule has 2 aliphatic rings. The van der Waals surface area contributed by atoms with Crippen LogP contribution in [0.1, 0.15) is 94.9 Å². The van der Waals surface area contributed by atoms with Gasteiger partial charge in [-0.05, 0) is 79.1 Å². The van der Waals surface area contributed by atoms with E-state index in [1.807, 2.05) is 0 Å². The molecule has 2 aliphatic heterocycles. The lowest BCUT2D eigenvalue weighted by Crippen LogP contribution is -2.62. The normalized spacial score (nSPS) is 34.4. The number of ether oxygens (including phenoxy) is 2. The lowest BCUT2D eigenvalue weighted by molar-refractivity contribution is -0.161. The van der Waals surface area contributed by atoms with Crippen molar-refractivity contribution in [2.75, 3.05) is 13.2 Å². The van der Waals surface area contributed by atoms with Gasteiger partial charge in [-0.2, -0.15) is 0 Å². The summed E-state index contributed by atoms with van der Waals surface area (Å²) in [5, 5.41) is 7.42. The van der Waals surface area contributed by atoms with Gasteiger partial charge in [0.25, 0.3) is 0 Å². The Labute approximate surface area is 196 Å². The summed E-state index contributed by atoms with van der Waals surface area (Å²) in [6, 6.07) is 0. The zero-order valence-corrected chi connectivity index (χ0v) is 22.2. The molecule has 32 heavy (non-hydrogen) atoms. The minimum absolute atomic E-state index is 0.108. The van der Waals surface area contributed by atoms with Crippen LogP contribution >= 0.6 is 0 Å². The zero-order valence-electron chi connectivity index (χ0n) is 22.2. The minimum Gasteiger partial charge on any atom is -0.462 e. The summed E-state index contributed by atoms with van der Waals surface area (Å²) in [5.74, 6) is 0.154. The van der Waals surface area contributed by atoms with E-state index in [2.05, 4.69) is 79.9 Å². The van der Waals surface area contributed by atoms with Gasteiger partial charge in [0, 0.05) is 22.2 Å². The molecule has 2 rings (SSSR count). The quantitative estimate of drug-likeness (QED) is 0.439. The monoisotopic (exact) mass is 452 g/mol. The Bertz CT molecular complexity index is 629. The number of esters is 2. The van der Waals surface area contributed by atoms with Gasteiger partial charge < -0.3 is 20.1 Å². The largest absolute Gasteiger partial charge is 0.462 e. The highest BCUT2D eigenvalue weighted by Crippen LogP contribution is 2.39. The Balaban J connectivity index is 1.86. The minimum atomic E-state index is -0.183. The molecule has 4 atom stereocenters. The first-order valence-electron chi connectivity index (χ1n) is 12.4. The summed E-state index contributed by atoms with van der Waals surface area (Å²) in [7, 11) is 0. The molecule has 2 heterocycles. The SMILES string of the molecule is CC(C)C1(C)CC(C(=O)OCCOC(=O)C2CC(C)(C)NC(C)(C(C)C)C2)CC(C)(C)N1. The molecule has 0 spiro atoms. The standard InChI is InChI=1S/C26H48N2O4/c1-17(2)25(9)15-19(13-23(5,6)27-25)21(29)31-11-12-32-22(30)20-14-24(7,8)28-26(10,16-20)18(3)4/h17-20,27-28H,11-16H2,1-10H3. The number of rotatable bonds is 7. The first kappa shape index (κ1) is 27.1. The third-order valence-corrected chi connectivity index (χ3v) is 7.89. The molecule has 0 amide bonds. The van der Waals surface area contributed by atoms with Gasteiger partial charge >= 0.3 is 11.9 Å². The third-order valence-electron chi connectivity index (χ3n) is 7.89. The number of carbonyl (C=O) groups is 2. The molecule has 0 radical (unpaired) electrons. The molecule has 0 saturated carbocycles. The van der Waals surface area contributed by atoms with Crippen LogP contribution in [0.5, 0.6) is 0 Å². The lowest BCUT2D eigenvalue weighted by Gasteiger charge is -2.49. The smallest absolute Gasteiger partial charge is 0.309 e. The topological polar surface area (TPSA) is 76.7 Å². The highest BCUT2D eigenvalue weighted by molar-refractivity contribution is 5.74. The average molecular weight is 453 g/mol. The maximum absolute atomic E-state index is 12.8. The molecule has 2 fully saturated rings. The van der Waals surface area contributed by atoms with Gasteiger partial charge in [0.1, 0.15) is 13.2 Å². The van der Waals surface area contributed by atoms with Crippen molar-refractivity contribution in [2.45, 2.75) is 117 Å². The Morgan fingerprint density at radius 3 is 1.28 bits per heavy atom. The second-order valence-electron chi connectivity index (χ2n) is 12.7. The van der Waals surface area contributed by atoms with E-state index in [1.165, 1.54) is 0 Å². The third kappa shape index (κ3) is 6.69. The average Bonchev–Trinajstić information content (AvgIpc) is 2.61. The van der Waals surface area contributed by atoms with Crippen molar-refractivity contribution in [2.24, 2.45) is 23.7 Å². The van der Waals surface area contributed by atoms with E-state index in [0.29, 0.717) is 11.8 Å². The highest BCUT2D eigenvalue weighted by Gasteiger charge is 2.46. The predicted octanol–water partition coefficient (Wildman–Crippen LogP) is 4.46. The van der Waals surface area contributed by atoms with E-state index in [-0.39, 0.29) is 59.1 Å². The number of nitrogens with one attached hydrogen (secondary N) is 2. The maximum Gasteiger partial charge on any atom is 0.309 e. The number of hydrogen-bond acceptors (Lipinski definition) is 6. The predicted molar refractivity (Wildman–Crippen MR) is 128 cm³/mol. The fourth-order valence-corrected chi connectivity index (χ4v) is 5.76. The molecule has 0 aromatic heterocycles. The second kappa shape index (κ2) is 9.61. The van der Waals surface area contributed by atoms with Gasteiger partial charge in [-0.15, -0.1) is 0 Å². The van der Waals surface area contributed by atoms with Crippen molar-refractivity contribution in [3.63, 3.8) is 0 Å². The van der Waals surface area contributed by atoms with Gasteiger partial charge in [-0.1, -0.05) is 27.7 Å². The Kier molecular flexibility index (Phi) is 8.14. The van der Waals surface area contributed by atoms with Crippen molar-refractivity contribution in [3.8, 4) is 0 Å². The van der Waals surface area contributed by atoms with Crippen LogP contribution in [0, 0.1) is 23.7 Å². The van der Waals surface area contributed by atoms with Crippen molar-refractivity contribution in [1.29, 1.82) is 0 Å². The number of carbonyl (C=O) groups excluding carboxylic acids is 2. The van der Waals surface area contributed by atoms with E-state index in [1.54, 1.807) is 0 Å². The zero-order chi connectivity index (χ0) is 24.5. The molecule has 0 aliphatic carbocycles. The summed E-state index contributed by atoms with van der Waals surface area (Å²) in [4.78, 5) is 25.6. The Morgan fingerprint density at radius 1 is 0.688 bits per heavy atom. The van der Waals surface area contributed by atoms with E-state index >= 15 is 0 Å². The van der Waals surface area contributed by atoms with Crippen LogP contribution in [0.25, 0.3) is 0 Å². The van der Waals surface area contributed by atoms with Crippen LogP contribution in [0.2, 0.25) is 0 Å². The van der Waals surface area contributed by atoms with Crippen LogP contribution in [0.4, 0.5) is 0 Å². The first-order chi connectivity index (χ1) is 14.5. The van der Waals surface area contributed by atoms with E-state index in [9.17, 15) is 9.59 Å². The molecular weight excluding hydrogens is 404 g/mol. The fourth-order valence-electron chi connectivity index (χ4n) is 5.76. The second-order valence-corrected chi connectivity index (χ2v) is 12.7. The fraction of sp³-hybridized carbons (Fsp3) is 0.923. The van der Waals surface area contributed by atoms with Gasteiger partial charge in [0.2, 0.25) is 0 Å². The molecule has 0 aromatic carbocycles. The van der Waals surface area contributed by atoms with Crippen LogP contribution in [-0.2, 0) is 19.1 Å². The summed E-state index contributed by atoms with van der Waals surface area (Å²) in [5.41, 5.74) is -0.470. The van der Waals surface area contributed by atoms with Gasteiger partial charge in [-0.25, -0.2) is 0 Å². The molecule has 6 nitrogen and oxygen atoms in total. The molecule has 0 aromatic rings. The molecule has 2 saturated heterocycles. The van der Waals surface area contributed by atoms with Crippen molar-refractivity contribution in [3.05, 3.63) is 0 Å². The molecule has 4 unspecified atom stereocenters. The number of piperidine rings is 2. The van der Waals surface area contributed by atoms with Crippen LogP contribution in [0.3, 0.4) is 0 Å². The van der Waals surface area contributed by atoms with Gasteiger partial charge in [0.15, 0.2) is 0 Å². The maximum atomic E-state index is 12.8. The van der Waals surface area contributed by atoms with E-state index in [0.717, 1.165) is 25.7 Å². The van der Waals surface area contributed by atoms with Crippen LogP contribution in [0.15, 0.2) is 0 Å². The van der Waals surface area contributed by atoms with Crippen molar-refractivity contribution < 1.29 is 19.1 Å². The van der Waals surface area contributed by atoms with Gasteiger partial charge in [-0.3, -0.25) is 9.59 Å². The van der Waals surface area contributed by atoms with E-state index < -0.39 is 0 Å². The summed E-state index contributed by atoms with van der Waals surface area (Å²) >= 11 is 0. The summed E-state index contributed by atoms with van der Waals surface area (Å²) in [6.07, 6.45) is 2.99. The first-order valence-corrected chi connectivity index (χ1v) is 12.4. The van der Waals surface area contributed by atoms with Gasteiger partial charge in [0.05, 0.1) is 11.8 Å². The van der Waals surface area contributed by atoms with E-state index in [4.69, 9.17) is 9.47 Å². The molecule has 186 valence electrons. The molecular formula is C26H48N2O4. The summed E-state index contributed by atoms with van der Waals surface area (Å²) in [6.45, 7) is 21.9. The van der Waals surface area contributed by atoms with Crippen LogP contribution in [-0.4, -0.2) is 47.3 Å².